The maximum absolute atomic E-state index is 12.4. The van der Waals surface area contributed by atoms with Gasteiger partial charge in [-0.25, -0.2) is 9.38 Å². The molecule has 5 rings (SSSR count). The molecule has 252 valence electrons. The third-order valence-corrected chi connectivity index (χ3v) is 9.03. The Hall–Kier alpha value is -4.00. The summed E-state index contributed by atoms with van der Waals surface area (Å²) in [6.45, 7) is 1.88. The van der Waals surface area contributed by atoms with E-state index in [1.165, 1.54) is 12.1 Å². The van der Waals surface area contributed by atoms with Crippen LogP contribution in [-0.4, -0.2) is 67.5 Å². The predicted octanol–water partition coefficient (Wildman–Crippen LogP) is 3.87. The lowest BCUT2D eigenvalue weighted by molar-refractivity contribution is -0.190. The van der Waals surface area contributed by atoms with Gasteiger partial charge < -0.3 is 36.2 Å². The lowest BCUT2D eigenvalue weighted by atomic mass is 9.75. The molecule has 1 amide bonds. The molecule has 0 bridgehead atoms. The molecule has 4 atom stereocenters. The SMILES string of the molecule is CCC(O)c1ccc(F)cc1.N=CN=C(N)CCc1ccc(N2C(=O)CC2c2ccc(CCC3(O)C(O)CC(O)CC3O)cc2)cc1. The molecule has 0 aromatic heterocycles. The second-order valence-corrected chi connectivity index (χ2v) is 12.3. The Balaban J connectivity index is 0.000000385. The highest BCUT2D eigenvalue weighted by atomic mass is 19.1. The third kappa shape index (κ3) is 9.09. The first-order chi connectivity index (χ1) is 22.4. The highest BCUT2D eigenvalue weighted by molar-refractivity contribution is 6.01. The molecule has 47 heavy (non-hydrogen) atoms. The Bertz CT molecular complexity index is 1490. The van der Waals surface area contributed by atoms with Gasteiger partial charge in [-0.2, -0.15) is 0 Å². The van der Waals surface area contributed by atoms with Crippen LogP contribution in [0, 0.1) is 11.2 Å². The van der Waals surface area contributed by atoms with E-state index in [4.69, 9.17) is 11.1 Å². The van der Waals surface area contributed by atoms with Crippen LogP contribution in [0.4, 0.5) is 10.1 Å². The van der Waals surface area contributed by atoms with Gasteiger partial charge in [0.05, 0.1) is 36.9 Å². The lowest BCUT2D eigenvalue weighted by Crippen LogP contribution is -2.58. The molecule has 1 saturated heterocycles. The van der Waals surface area contributed by atoms with Crippen molar-refractivity contribution >= 4 is 23.8 Å². The number of nitrogens with two attached hydrogens (primary N) is 1. The number of rotatable bonds is 11. The number of nitrogens with one attached hydrogen (secondary N) is 1. The Morgan fingerprint density at radius 2 is 1.57 bits per heavy atom. The van der Waals surface area contributed by atoms with Crippen LogP contribution in [0.25, 0.3) is 0 Å². The molecule has 1 aliphatic carbocycles. The number of anilines is 1. The van der Waals surface area contributed by atoms with Crippen molar-refractivity contribution in [3.63, 3.8) is 0 Å². The van der Waals surface area contributed by atoms with Gasteiger partial charge in [-0.3, -0.25) is 10.2 Å². The molecule has 1 saturated carbocycles. The monoisotopic (exact) mass is 648 g/mol. The van der Waals surface area contributed by atoms with Gasteiger partial charge in [-0.05, 0) is 72.2 Å². The fourth-order valence-electron chi connectivity index (χ4n) is 6.00. The number of nitrogens with zero attached hydrogens (tertiary/aromatic N) is 2. The summed E-state index contributed by atoms with van der Waals surface area (Å²) in [4.78, 5) is 18.0. The number of halogens is 1. The maximum atomic E-state index is 12.4. The van der Waals surface area contributed by atoms with E-state index < -0.39 is 30.0 Å². The van der Waals surface area contributed by atoms with Crippen molar-refractivity contribution in [3.05, 3.63) is 101 Å². The molecular formula is C36H45FN4O6. The molecule has 4 unspecified atom stereocenters. The molecule has 3 aromatic carbocycles. The summed E-state index contributed by atoms with van der Waals surface area (Å²) in [5.41, 5.74) is 8.73. The first kappa shape index (κ1) is 35.8. The van der Waals surface area contributed by atoms with Gasteiger partial charge in [-0.15, -0.1) is 0 Å². The molecule has 2 aliphatic rings. The number of hydrogen-bond donors (Lipinski definition) is 7. The summed E-state index contributed by atoms with van der Waals surface area (Å²) in [5, 5.41) is 57.2. The van der Waals surface area contributed by atoms with Crippen molar-refractivity contribution in [3.8, 4) is 0 Å². The summed E-state index contributed by atoms with van der Waals surface area (Å²) < 4.78 is 12.4. The molecular weight excluding hydrogens is 603 g/mol. The first-order valence-corrected chi connectivity index (χ1v) is 16.0. The Morgan fingerprint density at radius 3 is 2.13 bits per heavy atom. The second kappa shape index (κ2) is 16.2. The number of carbonyl (C=O) groups excluding carboxylic acids is 1. The molecule has 8 N–H and O–H groups in total. The molecule has 0 radical (unpaired) electrons. The van der Waals surface area contributed by atoms with Crippen LogP contribution in [0.3, 0.4) is 0 Å². The Morgan fingerprint density at radius 1 is 1.00 bits per heavy atom. The van der Waals surface area contributed by atoms with Crippen LogP contribution in [0.1, 0.15) is 79.8 Å². The van der Waals surface area contributed by atoms with Crippen molar-refractivity contribution in [2.45, 2.75) is 94.3 Å². The number of β-lactam (4-membered cyclic amide) rings is 1. The quantitative estimate of drug-likeness (QED) is 0.0935. The summed E-state index contributed by atoms with van der Waals surface area (Å²) in [6, 6.07) is 21.5. The summed E-state index contributed by atoms with van der Waals surface area (Å²) in [7, 11) is 0. The standard InChI is InChI=1S/C27H34N4O5.C9H11FO/c28-16-30-25(29)10-5-17-3-8-20(9-4-17)31-22(15-26(31)35)19-6-1-18(2-7-19)11-12-27(36)23(33)13-21(32)14-24(27)34;1-2-9(11)7-3-5-8(10)6-4-7/h1-4,6-9,16,21-24,32-34,36H,5,10-15H2,(H3,28,29,30);3-6,9,11H,2H2,1H3. The zero-order chi connectivity index (χ0) is 34.1. The zero-order valence-corrected chi connectivity index (χ0v) is 26.5. The molecule has 1 heterocycles. The number of aliphatic imine (C=N–C) groups is 1. The van der Waals surface area contributed by atoms with E-state index in [1.54, 1.807) is 17.0 Å². The predicted molar refractivity (Wildman–Crippen MR) is 179 cm³/mol. The largest absolute Gasteiger partial charge is 0.393 e. The van der Waals surface area contributed by atoms with E-state index in [1.807, 2.05) is 55.5 Å². The highest BCUT2D eigenvalue weighted by Gasteiger charge is 2.47. The minimum absolute atomic E-state index is 0.0477. The number of hydrogen-bond acceptors (Lipinski definition) is 7. The normalized spacial score (nSPS) is 25.0. The van der Waals surface area contributed by atoms with E-state index in [0.29, 0.717) is 37.9 Å². The van der Waals surface area contributed by atoms with Gasteiger partial charge in [0.1, 0.15) is 23.6 Å². The summed E-state index contributed by atoms with van der Waals surface area (Å²) >= 11 is 0. The maximum Gasteiger partial charge on any atom is 0.230 e. The average molecular weight is 649 g/mol. The number of aliphatic hydroxyl groups is 5. The van der Waals surface area contributed by atoms with Crippen LogP contribution in [0.2, 0.25) is 0 Å². The van der Waals surface area contributed by atoms with Gasteiger partial charge in [0, 0.05) is 24.9 Å². The van der Waals surface area contributed by atoms with Crippen molar-refractivity contribution < 1.29 is 34.7 Å². The topological polar surface area (TPSA) is 184 Å². The van der Waals surface area contributed by atoms with Crippen LogP contribution < -0.4 is 10.6 Å². The minimum Gasteiger partial charge on any atom is -0.393 e. The number of aryl methyl sites for hydroxylation is 2. The summed E-state index contributed by atoms with van der Waals surface area (Å²) in [6.07, 6.45) is 0.387. The number of amidine groups is 1. The third-order valence-electron chi connectivity index (χ3n) is 9.03. The minimum atomic E-state index is -1.64. The fraction of sp³-hybridized carbons (Fsp3) is 0.417. The van der Waals surface area contributed by atoms with Gasteiger partial charge in [0.25, 0.3) is 0 Å². The Kier molecular flexibility index (Phi) is 12.4. The summed E-state index contributed by atoms with van der Waals surface area (Å²) in [5.74, 6) is 0.204. The van der Waals surface area contributed by atoms with Gasteiger partial charge in [-0.1, -0.05) is 55.5 Å². The average Bonchev–Trinajstić information content (AvgIpc) is 3.05. The van der Waals surface area contributed by atoms with Crippen molar-refractivity contribution in [2.24, 2.45) is 10.7 Å². The van der Waals surface area contributed by atoms with Crippen LogP contribution in [0.15, 0.2) is 77.8 Å². The lowest BCUT2D eigenvalue weighted by Gasteiger charge is -2.43. The molecule has 2 fully saturated rings. The van der Waals surface area contributed by atoms with E-state index in [0.717, 1.165) is 34.3 Å². The number of amides is 1. The molecule has 1 aliphatic heterocycles. The smallest absolute Gasteiger partial charge is 0.230 e. The second-order valence-electron chi connectivity index (χ2n) is 12.3. The van der Waals surface area contributed by atoms with Crippen LogP contribution >= 0.6 is 0 Å². The number of aliphatic hydroxyl groups excluding tert-OH is 4. The van der Waals surface area contributed by atoms with Gasteiger partial charge in [0.15, 0.2) is 0 Å². The van der Waals surface area contributed by atoms with E-state index in [2.05, 4.69) is 4.99 Å². The molecule has 3 aromatic rings. The van der Waals surface area contributed by atoms with E-state index >= 15 is 0 Å². The van der Waals surface area contributed by atoms with E-state index in [9.17, 15) is 34.7 Å². The van der Waals surface area contributed by atoms with Gasteiger partial charge in [0.2, 0.25) is 5.91 Å². The molecule has 10 nitrogen and oxygen atoms in total. The first-order valence-electron chi connectivity index (χ1n) is 16.0. The van der Waals surface area contributed by atoms with Crippen molar-refractivity contribution in [1.82, 2.24) is 0 Å². The van der Waals surface area contributed by atoms with Crippen LogP contribution in [-0.2, 0) is 17.6 Å². The van der Waals surface area contributed by atoms with Gasteiger partial charge >= 0.3 is 0 Å². The fourth-order valence-corrected chi connectivity index (χ4v) is 6.00. The number of benzene rings is 3. The van der Waals surface area contributed by atoms with E-state index in [-0.39, 0.29) is 37.0 Å². The van der Waals surface area contributed by atoms with Crippen molar-refractivity contribution in [1.29, 1.82) is 5.41 Å². The molecule has 0 spiro atoms. The number of carbonyl (C=O) groups is 1. The molecule has 11 heteroatoms. The van der Waals surface area contributed by atoms with Crippen molar-refractivity contribution in [2.75, 3.05) is 4.90 Å². The van der Waals surface area contributed by atoms with Crippen LogP contribution in [0.5, 0.6) is 0 Å². The zero-order valence-electron chi connectivity index (χ0n) is 26.5. The highest BCUT2D eigenvalue weighted by Crippen LogP contribution is 2.39. The Labute approximate surface area is 274 Å².